The summed E-state index contributed by atoms with van der Waals surface area (Å²) < 4.78 is 11.8. The van der Waals surface area contributed by atoms with E-state index in [1.807, 2.05) is 0 Å². The van der Waals surface area contributed by atoms with Crippen molar-refractivity contribution in [3.05, 3.63) is 35.6 Å². The van der Waals surface area contributed by atoms with Gasteiger partial charge in [-0.15, -0.1) is 0 Å². The van der Waals surface area contributed by atoms with Gasteiger partial charge in [0.25, 0.3) is 0 Å². The maximum Gasteiger partial charge on any atom is 0.137 e. The van der Waals surface area contributed by atoms with Crippen molar-refractivity contribution in [2.75, 3.05) is 19.8 Å². The maximum atomic E-state index is 6.15. The van der Waals surface area contributed by atoms with Crippen molar-refractivity contribution in [2.45, 2.75) is 32.7 Å². The van der Waals surface area contributed by atoms with Gasteiger partial charge in [-0.3, -0.25) is 0 Å². The summed E-state index contributed by atoms with van der Waals surface area (Å²) in [6.07, 6.45) is 2.35. The first kappa shape index (κ1) is 13.7. The Morgan fingerprint density at radius 3 is 3.00 bits per heavy atom. The summed E-state index contributed by atoms with van der Waals surface area (Å²) >= 11 is 0. The lowest BCUT2D eigenvalue weighted by Crippen LogP contribution is -2.33. The predicted octanol–water partition coefficient (Wildman–Crippen LogP) is 3.82. The van der Waals surface area contributed by atoms with Crippen LogP contribution in [0.3, 0.4) is 0 Å². The van der Waals surface area contributed by atoms with E-state index >= 15 is 0 Å². The van der Waals surface area contributed by atoms with Gasteiger partial charge in [0.1, 0.15) is 11.3 Å². The molecule has 108 valence electrons. The minimum atomic E-state index is 0.257. The van der Waals surface area contributed by atoms with Crippen LogP contribution in [0.25, 0.3) is 11.0 Å². The predicted molar refractivity (Wildman–Crippen MR) is 80.9 cm³/mol. The topological polar surface area (TPSA) is 34.4 Å². The van der Waals surface area contributed by atoms with Crippen LogP contribution < -0.4 is 5.32 Å². The number of para-hydroxylation sites is 1. The fourth-order valence-electron chi connectivity index (χ4n) is 3.13. The number of benzene rings is 1. The van der Waals surface area contributed by atoms with Gasteiger partial charge in [0.05, 0.1) is 12.6 Å². The number of nitrogens with one attached hydrogen (secondary N) is 1. The molecule has 0 bridgehead atoms. The van der Waals surface area contributed by atoms with E-state index in [1.54, 1.807) is 0 Å². The Hall–Kier alpha value is -1.32. The molecule has 2 aromatic rings. The van der Waals surface area contributed by atoms with E-state index in [1.165, 1.54) is 17.4 Å². The summed E-state index contributed by atoms with van der Waals surface area (Å²) in [5, 5.41) is 4.77. The fraction of sp³-hybridized carbons (Fsp3) is 0.529. The van der Waals surface area contributed by atoms with Crippen LogP contribution in [-0.2, 0) is 4.74 Å². The number of aryl methyl sites for hydroxylation is 1. The highest BCUT2D eigenvalue weighted by Crippen LogP contribution is 2.33. The van der Waals surface area contributed by atoms with Crippen LogP contribution in [-0.4, -0.2) is 19.8 Å². The first-order chi connectivity index (χ1) is 9.79. The van der Waals surface area contributed by atoms with Crippen molar-refractivity contribution in [1.82, 2.24) is 5.32 Å². The summed E-state index contributed by atoms with van der Waals surface area (Å²) in [6, 6.07) is 8.75. The number of fused-ring (bicyclic) bond motifs is 1. The molecule has 2 heterocycles. The van der Waals surface area contributed by atoms with Gasteiger partial charge < -0.3 is 14.5 Å². The molecule has 3 rings (SSSR count). The number of hydrogen-bond donors (Lipinski definition) is 1. The van der Waals surface area contributed by atoms with E-state index in [9.17, 15) is 0 Å². The standard InChI is InChI=1S/C17H23NO2/c1-3-18-16(14-8-5-9-19-11-14)15-10-13-7-4-6-12(2)17(13)20-15/h4,6-7,10,14,16,18H,3,5,8-9,11H2,1-2H3. The Balaban J connectivity index is 1.93. The van der Waals surface area contributed by atoms with Gasteiger partial charge in [0.15, 0.2) is 0 Å². The third kappa shape index (κ3) is 2.60. The van der Waals surface area contributed by atoms with Crippen molar-refractivity contribution in [3.8, 4) is 0 Å². The second kappa shape index (κ2) is 5.98. The van der Waals surface area contributed by atoms with Gasteiger partial charge in [-0.1, -0.05) is 25.1 Å². The molecule has 3 nitrogen and oxygen atoms in total. The highest BCUT2D eigenvalue weighted by atomic mass is 16.5. The van der Waals surface area contributed by atoms with Crippen LogP contribution in [0.5, 0.6) is 0 Å². The van der Waals surface area contributed by atoms with Gasteiger partial charge >= 0.3 is 0 Å². The Labute approximate surface area is 120 Å². The summed E-state index contributed by atoms with van der Waals surface area (Å²) in [7, 11) is 0. The van der Waals surface area contributed by atoms with Crippen molar-refractivity contribution in [2.24, 2.45) is 5.92 Å². The fourth-order valence-corrected chi connectivity index (χ4v) is 3.13. The quantitative estimate of drug-likeness (QED) is 0.919. The van der Waals surface area contributed by atoms with Crippen LogP contribution >= 0.6 is 0 Å². The Kier molecular flexibility index (Phi) is 4.08. The molecular weight excluding hydrogens is 250 g/mol. The van der Waals surface area contributed by atoms with Crippen LogP contribution in [0.2, 0.25) is 0 Å². The lowest BCUT2D eigenvalue weighted by atomic mass is 9.92. The van der Waals surface area contributed by atoms with E-state index < -0.39 is 0 Å². The molecule has 0 radical (unpaired) electrons. The lowest BCUT2D eigenvalue weighted by Gasteiger charge is -2.29. The molecule has 1 saturated heterocycles. The molecule has 0 amide bonds. The first-order valence-electron chi connectivity index (χ1n) is 7.59. The van der Waals surface area contributed by atoms with Crippen LogP contribution in [0.1, 0.15) is 37.1 Å². The molecule has 3 heteroatoms. The highest BCUT2D eigenvalue weighted by Gasteiger charge is 2.27. The molecule has 0 aliphatic carbocycles. The molecular formula is C17H23NO2. The van der Waals surface area contributed by atoms with Crippen molar-refractivity contribution >= 4 is 11.0 Å². The molecule has 1 aromatic heterocycles. The van der Waals surface area contributed by atoms with E-state index in [0.717, 1.165) is 37.5 Å². The summed E-state index contributed by atoms with van der Waals surface area (Å²) in [5.41, 5.74) is 2.21. The van der Waals surface area contributed by atoms with Crippen molar-refractivity contribution < 1.29 is 9.15 Å². The van der Waals surface area contributed by atoms with Crippen LogP contribution in [0, 0.1) is 12.8 Å². The highest BCUT2D eigenvalue weighted by molar-refractivity contribution is 5.81. The second-order valence-electron chi connectivity index (χ2n) is 5.65. The molecule has 20 heavy (non-hydrogen) atoms. The monoisotopic (exact) mass is 273 g/mol. The zero-order chi connectivity index (χ0) is 13.9. The molecule has 1 N–H and O–H groups in total. The summed E-state index contributed by atoms with van der Waals surface area (Å²) in [6.45, 7) is 6.91. The lowest BCUT2D eigenvalue weighted by molar-refractivity contribution is 0.0361. The third-order valence-corrected chi connectivity index (χ3v) is 4.16. The smallest absolute Gasteiger partial charge is 0.137 e. The van der Waals surface area contributed by atoms with Gasteiger partial charge in [-0.05, 0) is 37.9 Å². The number of rotatable bonds is 4. The molecule has 2 unspecified atom stereocenters. The van der Waals surface area contributed by atoms with Crippen LogP contribution in [0.15, 0.2) is 28.7 Å². The van der Waals surface area contributed by atoms with Crippen molar-refractivity contribution in [1.29, 1.82) is 0 Å². The molecule has 0 saturated carbocycles. The largest absolute Gasteiger partial charge is 0.459 e. The minimum absolute atomic E-state index is 0.257. The number of furan rings is 1. The Bertz CT molecular complexity index is 569. The second-order valence-corrected chi connectivity index (χ2v) is 5.65. The minimum Gasteiger partial charge on any atom is -0.459 e. The van der Waals surface area contributed by atoms with Gasteiger partial charge in [-0.2, -0.15) is 0 Å². The average molecular weight is 273 g/mol. The zero-order valence-corrected chi connectivity index (χ0v) is 12.3. The SMILES string of the molecule is CCNC(c1cc2cccc(C)c2o1)C1CCCOC1. The molecule has 1 fully saturated rings. The number of ether oxygens (including phenoxy) is 1. The Morgan fingerprint density at radius 1 is 1.40 bits per heavy atom. The van der Waals surface area contributed by atoms with E-state index in [2.05, 4.69) is 43.4 Å². The first-order valence-corrected chi connectivity index (χ1v) is 7.59. The van der Waals surface area contributed by atoms with E-state index in [-0.39, 0.29) is 6.04 Å². The number of hydrogen-bond acceptors (Lipinski definition) is 3. The summed E-state index contributed by atoms with van der Waals surface area (Å²) in [5.74, 6) is 1.55. The third-order valence-electron chi connectivity index (χ3n) is 4.16. The van der Waals surface area contributed by atoms with Crippen LogP contribution in [0.4, 0.5) is 0 Å². The zero-order valence-electron chi connectivity index (χ0n) is 12.3. The molecule has 1 aromatic carbocycles. The Morgan fingerprint density at radius 2 is 2.30 bits per heavy atom. The average Bonchev–Trinajstić information content (AvgIpc) is 2.91. The van der Waals surface area contributed by atoms with Gasteiger partial charge in [0, 0.05) is 17.9 Å². The van der Waals surface area contributed by atoms with E-state index in [4.69, 9.17) is 9.15 Å². The molecule has 1 aliphatic heterocycles. The summed E-state index contributed by atoms with van der Waals surface area (Å²) in [4.78, 5) is 0. The molecule has 2 atom stereocenters. The van der Waals surface area contributed by atoms with Crippen molar-refractivity contribution in [3.63, 3.8) is 0 Å². The van der Waals surface area contributed by atoms with E-state index in [0.29, 0.717) is 5.92 Å². The van der Waals surface area contributed by atoms with Gasteiger partial charge in [-0.25, -0.2) is 0 Å². The molecule has 1 aliphatic rings. The van der Waals surface area contributed by atoms with Gasteiger partial charge in [0.2, 0.25) is 0 Å². The maximum absolute atomic E-state index is 6.15. The normalized spacial score (nSPS) is 21.2. The molecule has 0 spiro atoms.